The molecule has 1 aromatic heterocycles. The molecule has 0 radical (unpaired) electrons. The molecule has 6 heteroatoms. The molecule has 1 fully saturated rings. The van der Waals surface area contributed by atoms with E-state index in [2.05, 4.69) is 19.8 Å². The molecule has 2 aliphatic rings. The number of ether oxygens (including phenoxy) is 1. The number of aliphatic hydroxyl groups is 1. The van der Waals surface area contributed by atoms with Gasteiger partial charge in [0.1, 0.15) is 12.1 Å². The highest BCUT2D eigenvalue weighted by molar-refractivity contribution is 5.49. The maximum atomic E-state index is 10.5. The van der Waals surface area contributed by atoms with Crippen LogP contribution in [0.4, 0.5) is 5.82 Å². The standard InChI is InChI=1S/C19H24N4O2/c24-18(15-4-2-1-3-5-15)13-22-7-6-17-16(12-22)19(21-14-20-17)23-8-10-25-11-9-23/h1-5,14,18,24H,6-13H2. The van der Waals surface area contributed by atoms with Crippen LogP contribution in [0.5, 0.6) is 0 Å². The van der Waals surface area contributed by atoms with Crippen LogP contribution in [-0.2, 0) is 17.7 Å². The maximum Gasteiger partial charge on any atom is 0.136 e. The number of fused-ring (bicyclic) bond motifs is 1. The lowest BCUT2D eigenvalue weighted by Gasteiger charge is -2.34. The van der Waals surface area contributed by atoms with E-state index < -0.39 is 6.10 Å². The molecule has 1 aromatic carbocycles. The second-order valence-corrected chi connectivity index (χ2v) is 6.63. The number of rotatable bonds is 4. The van der Waals surface area contributed by atoms with Gasteiger partial charge in [-0.05, 0) is 5.56 Å². The molecule has 0 spiro atoms. The van der Waals surface area contributed by atoms with Gasteiger partial charge in [-0.15, -0.1) is 0 Å². The van der Waals surface area contributed by atoms with Crippen molar-refractivity contribution >= 4 is 5.82 Å². The number of benzene rings is 1. The van der Waals surface area contributed by atoms with Gasteiger partial charge in [-0.2, -0.15) is 0 Å². The molecule has 1 saturated heterocycles. The SMILES string of the molecule is OC(CN1CCc2ncnc(N3CCOCC3)c2C1)c1ccccc1. The second-order valence-electron chi connectivity index (χ2n) is 6.63. The average molecular weight is 340 g/mol. The Balaban J connectivity index is 1.50. The summed E-state index contributed by atoms with van der Waals surface area (Å²) >= 11 is 0. The van der Waals surface area contributed by atoms with Crippen LogP contribution in [0.25, 0.3) is 0 Å². The first kappa shape index (κ1) is 16.4. The summed E-state index contributed by atoms with van der Waals surface area (Å²) in [7, 11) is 0. The average Bonchev–Trinajstić information content (AvgIpc) is 2.69. The highest BCUT2D eigenvalue weighted by Gasteiger charge is 2.26. The predicted octanol–water partition coefficient (Wildman–Crippen LogP) is 1.40. The Morgan fingerprint density at radius 1 is 1.08 bits per heavy atom. The largest absolute Gasteiger partial charge is 0.387 e. The third-order valence-electron chi connectivity index (χ3n) is 4.98. The third kappa shape index (κ3) is 3.66. The lowest BCUT2D eigenvalue weighted by atomic mass is 10.0. The number of aliphatic hydroxyl groups excluding tert-OH is 1. The second kappa shape index (κ2) is 7.47. The van der Waals surface area contributed by atoms with E-state index in [1.165, 1.54) is 5.56 Å². The molecule has 0 saturated carbocycles. The van der Waals surface area contributed by atoms with Crippen molar-refractivity contribution in [3.63, 3.8) is 0 Å². The lowest BCUT2D eigenvalue weighted by molar-refractivity contribution is 0.105. The summed E-state index contributed by atoms with van der Waals surface area (Å²) < 4.78 is 5.46. The molecule has 2 aromatic rings. The molecular weight excluding hydrogens is 316 g/mol. The van der Waals surface area contributed by atoms with Gasteiger partial charge in [-0.1, -0.05) is 30.3 Å². The van der Waals surface area contributed by atoms with Crippen molar-refractivity contribution in [1.29, 1.82) is 0 Å². The van der Waals surface area contributed by atoms with Gasteiger partial charge in [0.15, 0.2) is 0 Å². The smallest absolute Gasteiger partial charge is 0.136 e. The number of aromatic nitrogens is 2. The molecule has 1 unspecified atom stereocenters. The van der Waals surface area contributed by atoms with E-state index in [9.17, 15) is 5.11 Å². The van der Waals surface area contributed by atoms with E-state index >= 15 is 0 Å². The number of hydrogen-bond acceptors (Lipinski definition) is 6. The zero-order chi connectivity index (χ0) is 17.1. The summed E-state index contributed by atoms with van der Waals surface area (Å²) in [5.41, 5.74) is 3.31. The Hall–Kier alpha value is -2.02. The van der Waals surface area contributed by atoms with Gasteiger partial charge in [0.2, 0.25) is 0 Å². The monoisotopic (exact) mass is 340 g/mol. The predicted molar refractivity (Wildman–Crippen MR) is 95.4 cm³/mol. The van der Waals surface area contributed by atoms with Crippen molar-refractivity contribution in [3.8, 4) is 0 Å². The van der Waals surface area contributed by atoms with Crippen LogP contribution < -0.4 is 4.90 Å². The van der Waals surface area contributed by atoms with E-state index in [4.69, 9.17) is 4.74 Å². The molecule has 25 heavy (non-hydrogen) atoms. The van der Waals surface area contributed by atoms with Gasteiger partial charge < -0.3 is 14.7 Å². The summed E-state index contributed by atoms with van der Waals surface area (Å²) in [5.74, 6) is 1.03. The van der Waals surface area contributed by atoms with Crippen LogP contribution in [0.1, 0.15) is 22.9 Å². The van der Waals surface area contributed by atoms with Crippen molar-refractivity contribution in [2.45, 2.75) is 19.1 Å². The van der Waals surface area contributed by atoms with Gasteiger partial charge in [-0.3, -0.25) is 4.90 Å². The summed E-state index contributed by atoms with van der Waals surface area (Å²) in [6, 6.07) is 9.86. The fraction of sp³-hybridized carbons (Fsp3) is 0.474. The fourth-order valence-electron chi connectivity index (χ4n) is 3.61. The number of anilines is 1. The maximum absolute atomic E-state index is 10.5. The molecule has 0 bridgehead atoms. The molecule has 0 amide bonds. The van der Waals surface area contributed by atoms with Crippen LogP contribution >= 0.6 is 0 Å². The van der Waals surface area contributed by atoms with E-state index in [0.717, 1.165) is 62.9 Å². The Kier molecular flexibility index (Phi) is 4.92. The zero-order valence-corrected chi connectivity index (χ0v) is 14.3. The third-order valence-corrected chi connectivity index (χ3v) is 4.98. The molecule has 1 atom stereocenters. The van der Waals surface area contributed by atoms with E-state index in [0.29, 0.717) is 6.54 Å². The zero-order valence-electron chi connectivity index (χ0n) is 14.3. The molecule has 132 valence electrons. The van der Waals surface area contributed by atoms with Crippen molar-refractivity contribution < 1.29 is 9.84 Å². The summed E-state index contributed by atoms with van der Waals surface area (Å²) in [4.78, 5) is 13.6. The van der Waals surface area contributed by atoms with Gasteiger partial charge >= 0.3 is 0 Å². The summed E-state index contributed by atoms with van der Waals surface area (Å²) in [6.45, 7) is 5.56. The Morgan fingerprint density at radius 2 is 1.88 bits per heavy atom. The number of hydrogen-bond donors (Lipinski definition) is 1. The fourth-order valence-corrected chi connectivity index (χ4v) is 3.61. The highest BCUT2D eigenvalue weighted by Crippen LogP contribution is 2.27. The quantitative estimate of drug-likeness (QED) is 0.908. The minimum Gasteiger partial charge on any atom is -0.387 e. The van der Waals surface area contributed by atoms with Crippen LogP contribution in [0.2, 0.25) is 0 Å². The minimum atomic E-state index is -0.473. The van der Waals surface area contributed by atoms with E-state index in [-0.39, 0.29) is 0 Å². The summed E-state index contributed by atoms with van der Waals surface area (Å²) in [5, 5.41) is 10.5. The van der Waals surface area contributed by atoms with Crippen LogP contribution in [0, 0.1) is 0 Å². The highest BCUT2D eigenvalue weighted by atomic mass is 16.5. The first-order valence-electron chi connectivity index (χ1n) is 8.92. The van der Waals surface area contributed by atoms with Crippen molar-refractivity contribution in [2.24, 2.45) is 0 Å². The molecule has 0 aliphatic carbocycles. The summed E-state index contributed by atoms with van der Waals surface area (Å²) in [6.07, 6.45) is 2.11. The molecule has 4 rings (SSSR count). The van der Waals surface area contributed by atoms with Gasteiger partial charge in [0.05, 0.1) is 25.0 Å². The first-order chi connectivity index (χ1) is 12.3. The Bertz CT molecular complexity index is 704. The molecular formula is C19H24N4O2. The Morgan fingerprint density at radius 3 is 2.68 bits per heavy atom. The van der Waals surface area contributed by atoms with Crippen molar-refractivity contribution in [2.75, 3.05) is 44.3 Å². The van der Waals surface area contributed by atoms with Crippen molar-refractivity contribution in [3.05, 3.63) is 53.5 Å². The van der Waals surface area contributed by atoms with Gasteiger partial charge in [0.25, 0.3) is 0 Å². The van der Waals surface area contributed by atoms with Crippen LogP contribution in [0.15, 0.2) is 36.7 Å². The molecule has 1 N–H and O–H groups in total. The van der Waals surface area contributed by atoms with Crippen LogP contribution in [-0.4, -0.2) is 59.4 Å². The van der Waals surface area contributed by atoms with Gasteiger partial charge in [0, 0.05) is 44.7 Å². The molecule has 2 aliphatic heterocycles. The molecule has 3 heterocycles. The van der Waals surface area contributed by atoms with Crippen LogP contribution in [0.3, 0.4) is 0 Å². The number of nitrogens with zero attached hydrogens (tertiary/aromatic N) is 4. The van der Waals surface area contributed by atoms with Crippen molar-refractivity contribution in [1.82, 2.24) is 14.9 Å². The van der Waals surface area contributed by atoms with E-state index in [1.807, 2.05) is 30.3 Å². The normalized spacial score (nSPS) is 19.5. The van der Waals surface area contributed by atoms with E-state index in [1.54, 1.807) is 6.33 Å². The number of β-amino-alcohol motifs (C(OH)–C–C–N with tert-alkyl or cyclic N) is 1. The minimum absolute atomic E-state index is 0.473. The lowest BCUT2D eigenvalue weighted by Crippen LogP contribution is -2.40. The number of morpholine rings is 1. The molecule has 6 nitrogen and oxygen atoms in total. The first-order valence-corrected chi connectivity index (χ1v) is 8.92. The Labute approximate surface area is 148 Å². The van der Waals surface area contributed by atoms with Gasteiger partial charge in [-0.25, -0.2) is 9.97 Å². The topological polar surface area (TPSA) is 61.7 Å².